The molecule has 23 heavy (non-hydrogen) atoms. The average molecular weight is 313 g/mol. The van der Waals surface area contributed by atoms with E-state index >= 15 is 0 Å². The minimum absolute atomic E-state index is 0.115. The average Bonchev–Trinajstić information content (AvgIpc) is 3.32. The molecule has 1 atom stereocenters. The van der Waals surface area contributed by atoms with Crippen LogP contribution in [0.2, 0.25) is 0 Å². The normalized spacial score (nSPS) is 25.4. The Bertz CT molecular complexity index is 641. The van der Waals surface area contributed by atoms with Crippen LogP contribution < -0.4 is 4.90 Å². The van der Waals surface area contributed by atoms with Gasteiger partial charge in [0.2, 0.25) is 11.8 Å². The van der Waals surface area contributed by atoms with Gasteiger partial charge in [-0.1, -0.05) is 18.2 Å². The Hall–Kier alpha value is -1.88. The van der Waals surface area contributed by atoms with Crippen molar-refractivity contribution < 1.29 is 9.59 Å². The second-order valence-electron chi connectivity index (χ2n) is 7.03. The van der Waals surface area contributed by atoms with Gasteiger partial charge in [0, 0.05) is 44.3 Å². The van der Waals surface area contributed by atoms with Gasteiger partial charge in [0.25, 0.3) is 0 Å². The third-order valence-corrected chi connectivity index (χ3v) is 5.19. The number of hydrogen-bond acceptors (Lipinski definition) is 3. The highest BCUT2D eigenvalue weighted by Gasteiger charge is 2.43. The molecular formula is C18H23N3O2. The van der Waals surface area contributed by atoms with Crippen molar-refractivity contribution in [1.29, 1.82) is 0 Å². The number of nitrogens with zero attached hydrogens (tertiary/aromatic N) is 3. The standard InChI is InChI=1S/C18H23N3O2/c1-19-8-9-20(16-5-3-2-4-13(16)11-19)18(23)14-10-17(22)21(12-14)15-6-7-15/h2-5,14-15H,6-12H2,1H3/t14-/m0/s1. The van der Waals surface area contributed by atoms with E-state index in [1.807, 2.05) is 28.0 Å². The zero-order valence-corrected chi connectivity index (χ0v) is 13.6. The molecule has 2 amide bonds. The van der Waals surface area contributed by atoms with Crippen molar-refractivity contribution in [3.63, 3.8) is 0 Å². The highest BCUT2D eigenvalue weighted by molar-refractivity contribution is 5.99. The van der Waals surface area contributed by atoms with Gasteiger partial charge in [0.15, 0.2) is 0 Å². The first-order valence-electron chi connectivity index (χ1n) is 8.51. The van der Waals surface area contributed by atoms with Crippen molar-refractivity contribution in [3.8, 4) is 0 Å². The Labute approximate surface area is 136 Å². The molecule has 2 heterocycles. The molecular weight excluding hydrogens is 290 g/mol. The molecule has 0 spiro atoms. The number of anilines is 1. The van der Waals surface area contributed by atoms with Crippen molar-refractivity contribution in [2.24, 2.45) is 5.92 Å². The molecule has 0 aromatic heterocycles. The summed E-state index contributed by atoms with van der Waals surface area (Å²) in [6.07, 6.45) is 2.58. The third kappa shape index (κ3) is 2.74. The van der Waals surface area contributed by atoms with Gasteiger partial charge < -0.3 is 14.7 Å². The van der Waals surface area contributed by atoms with E-state index < -0.39 is 0 Å². The summed E-state index contributed by atoms with van der Waals surface area (Å²) in [5.41, 5.74) is 2.20. The summed E-state index contributed by atoms with van der Waals surface area (Å²) in [6, 6.07) is 8.54. The van der Waals surface area contributed by atoms with Gasteiger partial charge in [-0.25, -0.2) is 0 Å². The summed E-state index contributed by atoms with van der Waals surface area (Å²) >= 11 is 0. The van der Waals surface area contributed by atoms with Crippen molar-refractivity contribution in [3.05, 3.63) is 29.8 Å². The molecule has 2 fully saturated rings. The molecule has 1 aromatic carbocycles. The number of rotatable bonds is 2. The number of likely N-dealkylation sites (tertiary alicyclic amines) is 1. The molecule has 122 valence electrons. The number of hydrogen-bond donors (Lipinski definition) is 0. The lowest BCUT2D eigenvalue weighted by Gasteiger charge is -2.25. The Morgan fingerprint density at radius 1 is 1.17 bits per heavy atom. The second kappa shape index (κ2) is 5.64. The van der Waals surface area contributed by atoms with Crippen molar-refractivity contribution in [1.82, 2.24) is 9.80 Å². The highest BCUT2D eigenvalue weighted by atomic mass is 16.2. The quantitative estimate of drug-likeness (QED) is 0.830. The number of carbonyl (C=O) groups is 2. The third-order valence-electron chi connectivity index (χ3n) is 5.19. The van der Waals surface area contributed by atoms with Crippen LogP contribution in [0.15, 0.2) is 24.3 Å². The van der Waals surface area contributed by atoms with Gasteiger partial charge in [0.05, 0.1) is 5.92 Å². The van der Waals surface area contributed by atoms with Crippen molar-refractivity contribution >= 4 is 17.5 Å². The molecule has 0 radical (unpaired) electrons. The van der Waals surface area contributed by atoms with E-state index in [0.29, 0.717) is 25.6 Å². The molecule has 2 aliphatic heterocycles. The topological polar surface area (TPSA) is 43.9 Å². The summed E-state index contributed by atoms with van der Waals surface area (Å²) in [4.78, 5) is 31.3. The predicted molar refractivity (Wildman–Crippen MR) is 88.0 cm³/mol. The van der Waals surface area contributed by atoms with Gasteiger partial charge >= 0.3 is 0 Å². The summed E-state index contributed by atoms with van der Waals surface area (Å²) in [7, 11) is 2.08. The van der Waals surface area contributed by atoms with Crippen molar-refractivity contribution in [2.45, 2.75) is 31.8 Å². The molecule has 1 aliphatic carbocycles. The molecule has 0 bridgehead atoms. The monoisotopic (exact) mass is 313 g/mol. The molecule has 5 heteroatoms. The van der Waals surface area contributed by atoms with Gasteiger partial charge in [0.1, 0.15) is 0 Å². The highest BCUT2D eigenvalue weighted by Crippen LogP contribution is 2.34. The van der Waals surface area contributed by atoms with Gasteiger partial charge in [-0.15, -0.1) is 0 Å². The fourth-order valence-corrected chi connectivity index (χ4v) is 3.75. The van der Waals surface area contributed by atoms with E-state index in [-0.39, 0.29) is 17.7 Å². The van der Waals surface area contributed by atoms with E-state index in [0.717, 1.165) is 31.6 Å². The molecule has 4 rings (SSSR count). The van der Waals surface area contributed by atoms with Gasteiger partial charge in [-0.3, -0.25) is 9.59 Å². The minimum Gasteiger partial charge on any atom is -0.339 e. The summed E-state index contributed by atoms with van der Waals surface area (Å²) in [6.45, 7) is 3.02. The maximum atomic E-state index is 13.1. The lowest BCUT2D eigenvalue weighted by Crippen LogP contribution is -2.40. The molecule has 0 N–H and O–H groups in total. The SMILES string of the molecule is CN1CCN(C(=O)[C@H]2CC(=O)N(C3CC3)C2)c2ccccc2C1. The molecule has 1 saturated carbocycles. The van der Waals surface area contributed by atoms with Crippen LogP contribution in [0.25, 0.3) is 0 Å². The number of fused-ring (bicyclic) bond motifs is 1. The van der Waals surface area contributed by atoms with Crippen LogP contribution in [0.1, 0.15) is 24.8 Å². The van der Waals surface area contributed by atoms with Crippen LogP contribution in [-0.2, 0) is 16.1 Å². The number of benzene rings is 1. The summed E-state index contributed by atoms with van der Waals surface area (Å²) in [5.74, 6) is 0.0925. The van der Waals surface area contributed by atoms with Crippen LogP contribution in [0.4, 0.5) is 5.69 Å². The van der Waals surface area contributed by atoms with Crippen LogP contribution in [0, 0.1) is 5.92 Å². The molecule has 1 saturated heterocycles. The molecule has 5 nitrogen and oxygen atoms in total. The Kier molecular flexibility index (Phi) is 3.60. The molecule has 1 aromatic rings. The zero-order valence-electron chi connectivity index (χ0n) is 13.6. The lowest BCUT2D eigenvalue weighted by molar-refractivity contribution is -0.128. The van der Waals surface area contributed by atoms with E-state index in [2.05, 4.69) is 18.0 Å². The van der Waals surface area contributed by atoms with Gasteiger partial charge in [-0.05, 0) is 31.5 Å². The fourth-order valence-electron chi connectivity index (χ4n) is 3.75. The first kappa shape index (κ1) is 14.7. The second-order valence-corrected chi connectivity index (χ2v) is 7.03. The Morgan fingerprint density at radius 2 is 1.96 bits per heavy atom. The maximum Gasteiger partial charge on any atom is 0.232 e. The maximum absolute atomic E-state index is 13.1. The van der Waals surface area contributed by atoms with E-state index in [9.17, 15) is 9.59 Å². The zero-order chi connectivity index (χ0) is 16.0. The Morgan fingerprint density at radius 3 is 2.74 bits per heavy atom. The van der Waals surface area contributed by atoms with E-state index in [1.54, 1.807) is 0 Å². The van der Waals surface area contributed by atoms with E-state index in [4.69, 9.17) is 0 Å². The van der Waals surface area contributed by atoms with Gasteiger partial charge in [-0.2, -0.15) is 0 Å². The number of para-hydroxylation sites is 1. The predicted octanol–water partition coefficient (Wildman–Crippen LogP) is 1.48. The number of amides is 2. The Balaban J connectivity index is 1.57. The smallest absolute Gasteiger partial charge is 0.232 e. The van der Waals surface area contributed by atoms with Crippen LogP contribution >= 0.6 is 0 Å². The fraction of sp³-hybridized carbons (Fsp3) is 0.556. The summed E-state index contributed by atoms with van der Waals surface area (Å²) in [5, 5.41) is 0. The van der Waals surface area contributed by atoms with Crippen LogP contribution in [0.5, 0.6) is 0 Å². The van der Waals surface area contributed by atoms with Crippen molar-refractivity contribution in [2.75, 3.05) is 31.6 Å². The molecule has 0 unspecified atom stereocenters. The number of carbonyl (C=O) groups excluding carboxylic acids is 2. The number of likely N-dealkylation sites (N-methyl/N-ethyl adjacent to an activating group) is 1. The van der Waals surface area contributed by atoms with Crippen LogP contribution in [-0.4, -0.2) is 54.3 Å². The summed E-state index contributed by atoms with van der Waals surface area (Å²) < 4.78 is 0. The first-order chi connectivity index (χ1) is 11.1. The van der Waals surface area contributed by atoms with E-state index in [1.165, 1.54) is 5.56 Å². The first-order valence-corrected chi connectivity index (χ1v) is 8.51. The largest absolute Gasteiger partial charge is 0.339 e. The van der Waals surface area contributed by atoms with Crippen LogP contribution in [0.3, 0.4) is 0 Å². The molecule has 3 aliphatic rings. The lowest BCUT2D eigenvalue weighted by atomic mass is 10.1. The minimum atomic E-state index is -0.181.